The van der Waals surface area contributed by atoms with Crippen molar-refractivity contribution in [3.05, 3.63) is 72.0 Å². The van der Waals surface area contributed by atoms with Gasteiger partial charge in [-0.15, -0.1) is 0 Å². The van der Waals surface area contributed by atoms with Gasteiger partial charge in [0.05, 0.1) is 27.9 Å². The highest BCUT2D eigenvalue weighted by atomic mass is 16.5. The van der Waals surface area contributed by atoms with Crippen LogP contribution >= 0.6 is 0 Å². The maximum absolute atomic E-state index is 13.3. The molecule has 36 heavy (non-hydrogen) atoms. The third kappa shape index (κ3) is 4.90. The molecule has 0 bridgehead atoms. The van der Waals surface area contributed by atoms with Gasteiger partial charge in [-0.1, -0.05) is 12.1 Å². The Hall–Kier alpha value is -4.66. The van der Waals surface area contributed by atoms with Crippen LogP contribution in [0.5, 0.6) is 23.0 Å². The van der Waals surface area contributed by atoms with Gasteiger partial charge in [-0.05, 0) is 55.5 Å². The Morgan fingerprint density at radius 2 is 1.50 bits per heavy atom. The Kier molecular flexibility index (Phi) is 7.29. The number of furan rings is 1. The molecule has 0 aliphatic rings. The van der Waals surface area contributed by atoms with Crippen molar-refractivity contribution in [3.8, 4) is 23.0 Å². The van der Waals surface area contributed by atoms with Gasteiger partial charge < -0.3 is 34.0 Å². The van der Waals surface area contributed by atoms with Crippen molar-refractivity contribution in [3.63, 3.8) is 0 Å². The molecule has 0 radical (unpaired) electrons. The van der Waals surface area contributed by atoms with E-state index < -0.39 is 11.8 Å². The number of amides is 2. The number of benzene rings is 3. The van der Waals surface area contributed by atoms with Crippen molar-refractivity contribution >= 4 is 34.2 Å². The number of carbonyl (C=O) groups excluding carboxylic acids is 2. The predicted octanol–water partition coefficient (Wildman–Crippen LogP) is 5.36. The normalized spacial score (nSPS) is 10.6. The van der Waals surface area contributed by atoms with E-state index in [0.717, 1.165) is 0 Å². The number of fused-ring (bicyclic) bond motifs is 1. The van der Waals surface area contributed by atoms with Crippen LogP contribution in [-0.2, 0) is 0 Å². The third-order valence-corrected chi connectivity index (χ3v) is 5.39. The predicted molar refractivity (Wildman–Crippen MR) is 136 cm³/mol. The summed E-state index contributed by atoms with van der Waals surface area (Å²) in [7, 11) is 4.41. The summed E-state index contributed by atoms with van der Waals surface area (Å²) < 4.78 is 27.3. The lowest BCUT2D eigenvalue weighted by molar-refractivity contribution is 0.0999. The highest BCUT2D eigenvalue weighted by molar-refractivity contribution is 6.17. The Morgan fingerprint density at radius 3 is 2.11 bits per heavy atom. The lowest BCUT2D eigenvalue weighted by atomic mass is 10.1. The Bertz CT molecular complexity index is 1370. The number of rotatable bonds is 9. The van der Waals surface area contributed by atoms with Gasteiger partial charge >= 0.3 is 0 Å². The second-order valence-corrected chi connectivity index (χ2v) is 7.58. The maximum Gasteiger partial charge on any atom is 0.293 e. The fourth-order valence-electron chi connectivity index (χ4n) is 3.72. The minimum Gasteiger partial charge on any atom is -0.494 e. The van der Waals surface area contributed by atoms with E-state index in [1.807, 2.05) is 6.92 Å². The van der Waals surface area contributed by atoms with Crippen molar-refractivity contribution in [2.24, 2.45) is 0 Å². The molecule has 2 N–H and O–H groups in total. The smallest absolute Gasteiger partial charge is 0.293 e. The average molecular weight is 491 g/mol. The average Bonchev–Trinajstić information content (AvgIpc) is 3.27. The van der Waals surface area contributed by atoms with Crippen molar-refractivity contribution < 1.29 is 33.0 Å². The molecule has 0 atom stereocenters. The van der Waals surface area contributed by atoms with E-state index in [4.69, 9.17) is 23.4 Å². The fraction of sp³-hybridized carbons (Fsp3) is 0.185. The summed E-state index contributed by atoms with van der Waals surface area (Å²) in [5.41, 5.74) is 1.49. The van der Waals surface area contributed by atoms with Crippen LogP contribution in [-0.4, -0.2) is 39.8 Å². The van der Waals surface area contributed by atoms with Crippen LogP contribution < -0.4 is 29.6 Å². The van der Waals surface area contributed by atoms with Gasteiger partial charge in [0.25, 0.3) is 11.8 Å². The van der Waals surface area contributed by atoms with E-state index in [1.54, 1.807) is 48.5 Å². The molecule has 0 aliphatic heterocycles. The first-order valence-corrected chi connectivity index (χ1v) is 11.2. The van der Waals surface area contributed by atoms with Gasteiger partial charge in [-0.25, -0.2) is 0 Å². The molecule has 3 aromatic carbocycles. The maximum atomic E-state index is 13.3. The zero-order valence-electron chi connectivity index (χ0n) is 20.3. The molecule has 0 unspecified atom stereocenters. The molecule has 9 heteroatoms. The number of methoxy groups -OCH3 is 3. The number of hydrogen-bond acceptors (Lipinski definition) is 7. The number of para-hydroxylation sites is 1. The van der Waals surface area contributed by atoms with Crippen LogP contribution in [0.15, 0.2) is 65.1 Å². The molecule has 4 aromatic rings. The Balaban J connectivity index is 1.67. The molecule has 9 nitrogen and oxygen atoms in total. The molecule has 186 valence electrons. The van der Waals surface area contributed by atoms with Crippen molar-refractivity contribution in [2.45, 2.75) is 6.92 Å². The highest BCUT2D eigenvalue weighted by Gasteiger charge is 2.24. The molecule has 0 spiro atoms. The quantitative estimate of drug-likeness (QED) is 0.325. The van der Waals surface area contributed by atoms with E-state index >= 15 is 0 Å². The molecule has 4 rings (SSSR count). The van der Waals surface area contributed by atoms with Crippen LogP contribution in [0, 0.1) is 0 Å². The summed E-state index contributed by atoms with van der Waals surface area (Å²) in [5, 5.41) is 6.19. The SMILES string of the molecule is CCOc1ccc(NC(=O)c2oc3ccccc3c2NC(=O)c2cc(OC)c(OC)c(OC)c2)cc1. The van der Waals surface area contributed by atoms with Crippen LogP contribution in [0.1, 0.15) is 27.8 Å². The third-order valence-electron chi connectivity index (χ3n) is 5.39. The first-order valence-electron chi connectivity index (χ1n) is 11.2. The van der Waals surface area contributed by atoms with Gasteiger partial charge in [0.15, 0.2) is 11.5 Å². The second-order valence-electron chi connectivity index (χ2n) is 7.58. The second kappa shape index (κ2) is 10.7. The van der Waals surface area contributed by atoms with Crippen LogP contribution in [0.25, 0.3) is 11.0 Å². The standard InChI is InChI=1S/C27H26N2O7/c1-5-35-18-12-10-17(11-13-18)28-27(31)25-23(19-8-6-7-9-20(19)36-25)29-26(30)16-14-21(32-2)24(34-4)22(15-16)33-3/h6-15H,5H2,1-4H3,(H,28,31)(H,29,30). The molecule has 0 fully saturated rings. The highest BCUT2D eigenvalue weighted by Crippen LogP contribution is 2.39. The van der Waals surface area contributed by atoms with E-state index in [9.17, 15) is 9.59 Å². The summed E-state index contributed by atoms with van der Waals surface area (Å²) in [6.07, 6.45) is 0. The first-order chi connectivity index (χ1) is 17.5. The number of hydrogen-bond donors (Lipinski definition) is 2. The molecular formula is C27H26N2O7. The largest absolute Gasteiger partial charge is 0.494 e. The topological polar surface area (TPSA) is 108 Å². The van der Waals surface area contributed by atoms with Crippen molar-refractivity contribution in [2.75, 3.05) is 38.6 Å². The van der Waals surface area contributed by atoms with Gasteiger partial charge in [-0.2, -0.15) is 0 Å². The van der Waals surface area contributed by atoms with E-state index in [0.29, 0.717) is 46.3 Å². The summed E-state index contributed by atoms with van der Waals surface area (Å²) in [6.45, 7) is 2.44. The van der Waals surface area contributed by atoms with E-state index in [-0.39, 0.29) is 17.0 Å². The van der Waals surface area contributed by atoms with Gasteiger partial charge in [0, 0.05) is 16.6 Å². The molecule has 1 aromatic heterocycles. The summed E-state index contributed by atoms with van der Waals surface area (Å²) in [4.78, 5) is 26.4. The molecular weight excluding hydrogens is 464 g/mol. The lowest BCUT2D eigenvalue weighted by Gasteiger charge is -2.14. The summed E-state index contributed by atoms with van der Waals surface area (Å²) in [6, 6.07) is 17.1. The molecule has 0 saturated heterocycles. The summed E-state index contributed by atoms with van der Waals surface area (Å²) >= 11 is 0. The number of nitrogens with one attached hydrogen (secondary N) is 2. The number of carbonyl (C=O) groups is 2. The first kappa shape index (κ1) is 24.5. The van der Waals surface area contributed by atoms with E-state index in [2.05, 4.69) is 10.6 Å². The van der Waals surface area contributed by atoms with Gasteiger partial charge in [0.2, 0.25) is 11.5 Å². The fourth-order valence-corrected chi connectivity index (χ4v) is 3.72. The molecule has 1 heterocycles. The van der Waals surface area contributed by atoms with Crippen molar-refractivity contribution in [1.82, 2.24) is 0 Å². The van der Waals surface area contributed by atoms with Gasteiger partial charge in [-0.3, -0.25) is 9.59 Å². The van der Waals surface area contributed by atoms with Crippen LogP contribution in [0.4, 0.5) is 11.4 Å². The van der Waals surface area contributed by atoms with Crippen LogP contribution in [0.3, 0.4) is 0 Å². The Morgan fingerprint density at radius 1 is 0.833 bits per heavy atom. The monoisotopic (exact) mass is 490 g/mol. The summed E-state index contributed by atoms with van der Waals surface area (Å²) in [5.74, 6) is 0.663. The molecule has 0 aliphatic carbocycles. The lowest BCUT2D eigenvalue weighted by Crippen LogP contribution is -2.17. The van der Waals surface area contributed by atoms with Gasteiger partial charge in [0.1, 0.15) is 17.0 Å². The minimum atomic E-state index is -0.518. The molecule has 2 amide bonds. The zero-order valence-corrected chi connectivity index (χ0v) is 20.3. The zero-order chi connectivity index (χ0) is 25.7. The number of ether oxygens (including phenoxy) is 4. The minimum absolute atomic E-state index is 0.0362. The van der Waals surface area contributed by atoms with E-state index in [1.165, 1.54) is 33.5 Å². The molecule has 0 saturated carbocycles. The van der Waals surface area contributed by atoms with Crippen LogP contribution in [0.2, 0.25) is 0 Å². The number of anilines is 2. The Labute approximate surface area is 207 Å². The van der Waals surface area contributed by atoms with Crippen molar-refractivity contribution in [1.29, 1.82) is 0 Å².